The molecule has 1 aliphatic rings. The van der Waals surface area contributed by atoms with Gasteiger partial charge in [0.25, 0.3) is 0 Å². The predicted octanol–water partition coefficient (Wildman–Crippen LogP) is 1.26. The minimum absolute atomic E-state index is 0.101. The molecule has 0 saturated carbocycles. The Morgan fingerprint density at radius 3 is 2.52 bits per heavy atom. The second kappa shape index (κ2) is 6.58. The molecule has 3 amide bonds. The maximum atomic E-state index is 12.3. The van der Waals surface area contributed by atoms with Crippen LogP contribution in [0, 0.1) is 5.92 Å². The van der Waals surface area contributed by atoms with Crippen LogP contribution in [0.1, 0.15) is 25.3 Å². The molecule has 0 bridgehead atoms. The van der Waals surface area contributed by atoms with Gasteiger partial charge < -0.3 is 21.7 Å². The Morgan fingerprint density at radius 2 is 1.95 bits per heavy atom. The molecule has 6 nitrogen and oxygen atoms in total. The van der Waals surface area contributed by atoms with Crippen LogP contribution in [0.2, 0.25) is 0 Å². The van der Waals surface area contributed by atoms with Crippen LogP contribution in [0.25, 0.3) is 0 Å². The minimum Gasteiger partial charge on any atom is -0.369 e. The number of primary amides is 1. The van der Waals surface area contributed by atoms with Gasteiger partial charge in [-0.2, -0.15) is 0 Å². The van der Waals surface area contributed by atoms with E-state index < -0.39 is 0 Å². The van der Waals surface area contributed by atoms with E-state index >= 15 is 0 Å². The van der Waals surface area contributed by atoms with Crippen molar-refractivity contribution in [1.29, 1.82) is 0 Å². The van der Waals surface area contributed by atoms with Crippen molar-refractivity contribution in [2.24, 2.45) is 17.4 Å². The highest BCUT2D eigenvalue weighted by Gasteiger charge is 2.31. The monoisotopic (exact) mass is 290 g/mol. The van der Waals surface area contributed by atoms with Crippen molar-refractivity contribution in [3.8, 4) is 0 Å². The SMILES string of the molecule is CC1CCC(C(N)=O)CN1C(=O)Nc1ccc(CN)cc1. The third-order valence-corrected chi connectivity index (χ3v) is 3.99. The Balaban J connectivity index is 2.01. The summed E-state index contributed by atoms with van der Waals surface area (Å²) < 4.78 is 0. The van der Waals surface area contributed by atoms with E-state index in [4.69, 9.17) is 11.5 Å². The summed E-state index contributed by atoms with van der Waals surface area (Å²) in [5.74, 6) is -0.599. The topological polar surface area (TPSA) is 101 Å². The molecule has 5 N–H and O–H groups in total. The highest BCUT2D eigenvalue weighted by atomic mass is 16.2. The number of nitrogens with zero attached hydrogens (tertiary/aromatic N) is 1. The van der Waals surface area contributed by atoms with Crippen molar-refractivity contribution in [2.45, 2.75) is 32.4 Å². The molecule has 1 aromatic carbocycles. The molecular formula is C15H22N4O2. The quantitative estimate of drug-likeness (QED) is 0.781. The molecule has 1 fully saturated rings. The van der Waals surface area contributed by atoms with E-state index in [1.807, 2.05) is 31.2 Å². The van der Waals surface area contributed by atoms with E-state index in [9.17, 15) is 9.59 Å². The van der Waals surface area contributed by atoms with Crippen molar-refractivity contribution < 1.29 is 9.59 Å². The average Bonchev–Trinajstić information content (AvgIpc) is 2.48. The Morgan fingerprint density at radius 1 is 1.29 bits per heavy atom. The normalized spacial score (nSPS) is 21.9. The van der Waals surface area contributed by atoms with Crippen molar-refractivity contribution in [1.82, 2.24) is 4.90 Å². The first-order valence-corrected chi connectivity index (χ1v) is 7.17. The minimum atomic E-state index is -0.341. The van der Waals surface area contributed by atoms with Gasteiger partial charge in [0.1, 0.15) is 0 Å². The van der Waals surface area contributed by atoms with E-state index in [-0.39, 0.29) is 23.9 Å². The molecule has 1 heterocycles. The molecule has 2 atom stereocenters. The summed E-state index contributed by atoms with van der Waals surface area (Å²) in [5, 5.41) is 2.85. The van der Waals surface area contributed by atoms with Gasteiger partial charge in [0.05, 0.1) is 5.92 Å². The summed E-state index contributed by atoms with van der Waals surface area (Å²) in [5.41, 5.74) is 12.6. The van der Waals surface area contributed by atoms with Gasteiger partial charge in [-0.3, -0.25) is 4.79 Å². The molecule has 2 rings (SSSR count). The zero-order valence-electron chi connectivity index (χ0n) is 12.2. The van der Waals surface area contributed by atoms with Gasteiger partial charge in [0, 0.05) is 24.8 Å². The standard InChI is InChI=1S/C15H22N4O2/c1-10-2-5-12(14(17)20)9-19(10)15(21)18-13-6-3-11(8-16)4-7-13/h3-4,6-7,10,12H,2,5,8-9,16H2,1H3,(H2,17,20)(H,18,21). The largest absolute Gasteiger partial charge is 0.369 e. The molecule has 1 aromatic rings. The van der Waals surface area contributed by atoms with Crippen LogP contribution in [0.5, 0.6) is 0 Å². The summed E-state index contributed by atoms with van der Waals surface area (Å²) >= 11 is 0. The number of nitrogens with one attached hydrogen (secondary N) is 1. The Bertz CT molecular complexity index is 515. The van der Waals surface area contributed by atoms with Gasteiger partial charge in [0.2, 0.25) is 5.91 Å². The van der Waals surface area contributed by atoms with Crippen molar-refractivity contribution >= 4 is 17.6 Å². The fraction of sp³-hybridized carbons (Fsp3) is 0.467. The fourth-order valence-electron chi connectivity index (χ4n) is 2.54. The number of rotatable bonds is 3. The molecule has 1 saturated heterocycles. The molecular weight excluding hydrogens is 268 g/mol. The molecule has 0 spiro atoms. The molecule has 2 unspecified atom stereocenters. The lowest BCUT2D eigenvalue weighted by Gasteiger charge is -2.36. The van der Waals surface area contributed by atoms with Crippen LogP contribution in [-0.4, -0.2) is 29.4 Å². The first-order valence-electron chi connectivity index (χ1n) is 7.17. The average molecular weight is 290 g/mol. The van der Waals surface area contributed by atoms with Crippen LogP contribution < -0.4 is 16.8 Å². The third-order valence-electron chi connectivity index (χ3n) is 3.99. The number of piperidine rings is 1. The summed E-state index contributed by atoms with van der Waals surface area (Å²) in [6.45, 7) is 2.83. The van der Waals surface area contributed by atoms with Crippen LogP contribution in [0.4, 0.5) is 10.5 Å². The van der Waals surface area contributed by atoms with Gasteiger partial charge in [-0.25, -0.2) is 4.79 Å². The predicted molar refractivity (Wildman–Crippen MR) is 81.4 cm³/mol. The lowest BCUT2D eigenvalue weighted by atomic mass is 9.93. The van der Waals surface area contributed by atoms with Crippen LogP contribution in [0.3, 0.4) is 0 Å². The summed E-state index contributed by atoms with van der Waals surface area (Å²) in [7, 11) is 0. The smallest absolute Gasteiger partial charge is 0.322 e. The van der Waals surface area contributed by atoms with Gasteiger partial charge in [-0.1, -0.05) is 12.1 Å². The Hall–Kier alpha value is -2.08. The summed E-state index contributed by atoms with van der Waals surface area (Å²) in [6.07, 6.45) is 1.53. The molecule has 21 heavy (non-hydrogen) atoms. The number of carbonyl (C=O) groups is 2. The molecule has 114 valence electrons. The Kier molecular flexibility index (Phi) is 4.80. The highest BCUT2D eigenvalue weighted by Crippen LogP contribution is 2.22. The first-order chi connectivity index (χ1) is 10.0. The summed E-state index contributed by atoms with van der Waals surface area (Å²) in [6, 6.07) is 7.29. The zero-order valence-corrected chi connectivity index (χ0v) is 12.2. The molecule has 0 aliphatic carbocycles. The van der Waals surface area contributed by atoms with Gasteiger partial charge in [-0.05, 0) is 37.5 Å². The molecule has 0 aromatic heterocycles. The first kappa shape index (κ1) is 15.3. The van der Waals surface area contributed by atoms with Crippen LogP contribution >= 0.6 is 0 Å². The lowest BCUT2D eigenvalue weighted by molar-refractivity contribution is -0.123. The number of likely N-dealkylation sites (tertiary alicyclic amines) is 1. The number of benzene rings is 1. The van der Waals surface area contributed by atoms with Gasteiger partial charge >= 0.3 is 6.03 Å². The van der Waals surface area contributed by atoms with Gasteiger partial charge in [0.15, 0.2) is 0 Å². The maximum Gasteiger partial charge on any atom is 0.322 e. The van der Waals surface area contributed by atoms with E-state index in [0.717, 1.165) is 18.4 Å². The van der Waals surface area contributed by atoms with E-state index in [1.165, 1.54) is 0 Å². The van der Waals surface area contributed by atoms with E-state index in [2.05, 4.69) is 5.32 Å². The molecule has 0 radical (unpaired) electrons. The van der Waals surface area contributed by atoms with Crippen LogP contribution in [0.15, 0.2) is 24.3 Å². The number of hydrogen-bond donors (Lipinski definition) is 3. The van der Waals surface area contributed by atoms with Gasteiger partial charge in [-0.15, -0.1) is 0 Å². The zero-order chi connectivity index (χ0) is 15.4. The number of anilines is 1. The van der Waals surface area contributed by atoms with Crippen molar-refractivity contribution in [2.75, 3.05) is 11.9 Å². The number of carbonyl (C=O) groups excluding carboxylic acids is 2. The number of urea groups is 1. The van der Waals surface area contributed by atoms with E-state index in [0.29, 0.717) is 18.8 Å². The molecule has 1 aliphatic heterocycles. The summed E-state index contributed by atoms with van der Waals surface area (Å²) in [4.78, 5) is 25.3. The maximum absolute atomic E-state index is 12.3. The number of nitrogens with two attached hydrogens (primary N) is 2. The number of amides is 3. The van der Waals surface area contributed by atoms with E-state index in [1.54, 1.807) is 4.90 Å². The fourth-order valence-corrected chi connectivity index (χ4v) is 2.54. The number of hydrogen-bond acceptors (Lipinski definition) is 3. The Labute approximate surface area is 124 Å². The highest BCUT2D eigenvalue weighted by molar-refractivity contribution is 5.90. The lowest BCUT2D eigenvalue weighted by Crippen LogP contribution is -2.50. The van der Waals surface area contributed by atoms with Crippen molar-refractivity contribution in [3.05, 3.63) is 29.8 Å². The third kappa shape index (κ3) is 3.72. The van der Waals surface area contributed by atoms with Crippen molar-refractivity contribution in [3.63, 3.8) is 0 Å². The molecule has 6 heteroatoms. The second-order valence-electron chi connectivity index (χ2n) is 5.51. The van der Waals surface area contributed by atoms with Crippen LogP contribution in [-0.2, 0) is 11.3 Å². The second-order valence-corrected chi connectivity index (χ2v) is 5.51.